The summed E-state index contributed by atoms with van der Waals surface area (Å²) >= 11 is 0. The molecule has 0 bridgehead atoms. The van der Waals surface area contributed by atoms with Gasteiger partial charge in [-0.15, -0.1) is 0 Å². The minimum absolute atomic E-state index is 0.218. The molecule has 4 amide bonds. The van der Waals surface area contributed by atoms with Crippen LogP contribution < -0.4 is 10.6 Å². The summed E-state index contributed by atoms with van der Waals surface area (Å²) in [6.07, 6.45) is 0. The number of anilines is 1. The Kier molecular flexibility index (Phi) is 5.10. The Bertz CT molecular complexity index is 742. The third-order valence-corrected chi connectivity index (χ3v) is 3.91. The molecule has 1 aromatic carbocycles. The Morgan fingerprint density at radius 2 is 1.64 bits per heavy atom. The van der Waals surface area contributed by atoms with Gasteiger partial charge in [0, 0.05) is 11.7 Å². The van der Waals surface area contributed by atoms with Crippen molar-refractivity contribution in [1.82, 2.24) is 10.2 Å². The van der Waals surface area contributed by atoms with E-state index in [0.29, 0.717) is 5.69 Å². The van der Waals surface area contributed by atoms with Crippen molar-refractivity contribution in [3.63, 3.8) is 0 Å². The van der Waals surface area contributed by atoms with E-state index in [4.69, 9.17) is 5.11 Å². The van der Waals surface area contributed by atoms with Gasteiger partial charge in [-0.3, -0.25) is 14.5 Å². The molecule has 0 saturated heterocycles. The molecule has 134 valence electrons. The summed E-state index contributed by atoms with van der Waals surface area (Å²) in [7, 11) is 0. The highest BCUT2D eigenvalue weighted by Gasteiger charge is 2.37. The van der Waals surface area contributed by atoms with Crippen LogP contribution in [0.2, 0.25) is 0 Å². The number of fused-ring (bicyclic) bond motifs is 1. The maximum Gasteiger partial charge on any atom is 0.326 e. The van der Waals surface area contributed by atoms with Gasteiger partial charge in [0.1, 0.15) is 6.04 Å². The summed E-state index contributed by atoms with van der Waals surface area (Å²) < 4.78 is 0. The number of amides is 4. The number of benzene rings is 1. The van der Waals surface area contributed by atoms with Gasteiger partial charge in [0.15, 0.2) is 0 Å². The minimum Gasteiger partial charge on any atom is -0.480 e. The van der Waals surface area contributed by atoms with E-state index < -0.39 is 23.9 Å². The predicted molar refractivity (Wildman–Crippen MR) is 90.5 cm³/mol. The van der Waals surface area contributed by atoms with Crippen molar-refractivity contribution in [2.75, 3.05) is 5.32 Å². The number of nitrogens with zero attached hydrogens (tertiary/aromatic N) is 1. The molecule has 0 saturated carbocycles. The zero-order chi connectivity index (χ0) is 18.9. The van der Waals surface area contributed by atoms with Crippen LogP contribution in [0.1, 0.15) is 48.4 Å². The first kappa shape index (κ1) is 18.4. The first-order valence-corrected chi connectivity index (χ1v) is 7.95. The molecular formula is C17H21N3O5. The number of rotatable bonds is 5. The molecule has 0 aliphatic carbocycles. The van der Waals surface area contributed by atoms with Gasteiger partial charge in [0.2, 0.25) is 0 Å². The summed E-state index contributed by atoms with van der Waals surface area (Å²) in [6.45, 7) is 6.84. The zero-order valence-corrected chi connectivity index (χ0v) is 14.5. The molecule has 25 heavy (non-hydrogen) atoms. The van der Waals surface area contributed by atoms with Gasteiger partial charge in [-0.05, 0) is 38.0 Å². The lowest BCUT2D eigenvalue weighted by Crippen LogP contribution is -2.46. The molecule has 1 aliphatic heterocycles. The van der Waals surface area contributed by atoms with Crippen LogP contribution in [0.3, 0.4) is 0 Å². The van der Waals surface area contributed by atoms with E-state index in [9.17, 15) is 19.2 Å². The summed E-state index contributed by atoms with van der Waals surface area (Å²) in [4.78, 5) is 48.9. The number of carbonyl (C=O) groups is 4. The molecule has 0 radical (unpaired) electrons. The largest absolute Gasteiger partial charge is 0.480 e. The number of nitrogens with one attached hydrogen (secondary N) is 2. The fourth-order valence-corrected chi connectivity index (χ4v) is 2.63. The monoisotopic (exact) mass is 347 g/mol. The molecule has 1 aromatic rings. The maximum atomic E-state index is 12.3. The highest BCUT2D eigenvalue weighted by atomic mass is 16.4. The molecular weight excluding hydrogens is 326 g/mol. The molecule has 2 rings (SSSR count). The van der Waals surface area contributed by atoms with E-state index in [-0.39, 0.29) is 29.0 Å². The topological polar surface area (TPSA) is 116 Å². The number of carboxylic acid groups (broad SMARTS) is 1. The normalized spacial score (nSPS) is 14.7. The Morgan fingerprint density at radius 1 is 1.04 bits per heavy atom. The number of carbonyl (C=O) groups excluding carboxylic acids is 3. The van der Waals surface area contributed by atoms with Gasteiger partial charge >= 0.3 is 12.0 Å². The van der Waals surface area contributed by atoms with Crippen LogP contribution >= 0.6 is 0 Å². The van der Waals surface area contributed by atoms with Gasteiger partial charge in [-0.1, -0.05) is 13.8 Å². The Labute approximate surface area is 145 Å². The van der Waals surface area contributed by atoms with Gasteiger partial charge in [-0.25, -0.2) is 9.59 Å². The van der Waals surface area contributed by atoms with Crippen LogP contribution in [0.5, 0.6) is 0 Å². The summed E-state index contributed by atoms with van der Waals surface area (Å²) in [5, 5.41) is 14.0. The second kappa shape index (κ2) is 6.92. The van der Waals surface area contributed by atoms with Crippen molar-refractivity contribution in [3.05, 3.63) is 29.3 Å². The average Bonchev–Trinajstić information content (AvgIpc) is 2.75. The molecule has 0 aromatic heterocycles. The van der Waals surface area contributed by atoms with Crippen molar-refractivity contribution in [1.29, 1.82) is 0 Å². The number of carboxylic acids is 1. The molecule has 1 unspecified atom stereocenters. The lowest BCUT2D eigenvalue weighted by Gasteiger charge is -2.18. The van der Waals surface area contributed by atoms with Crippen LogP contribution in [-0.2, 0) is 4.79 Å². The minimum atomic E-state index is -1.13. The maximum absolute atomic E-state index is 12.3. The van der Waals surface area contributed by atoms with Gasteiger partial charge in [0.25, 0.3) is 11.8 Å². The number of hydrogen-bond donors (Lipinski definition) is 3. The first-order chi connectivity index (χ1) is 11.6. The van der Waals surface area contributed by atoms with Gasteiger partial charge in [0.05, 0.1) is 11.1 Å². The highest BCUT2D eigenvalue weighted by molar-refractivity contribution is 6.22. The predicted octanol–water partition coefficient (Wildman–Crippen LogP) is 1.92. The van der Waals surface area contributed by atoms with E-state index >= 15 is 0 Å². The fourth-order valence-electron chi connectivity index (χ4n) is 2.63. The number of imide groups is 1. The van der Waals surface area contributed by atoms with Crippen molar-refractivity contribution in [2.45, 2.75) is 39.8 Å². The zero-order valence-electron chi connectivity index (χ0n) is 14.5. The van der Waals surface area contributed by atoms with Crippen LogP contribution in [-0.4, -0.2) is 45.9 Å². The van der Waals surface area contributed by atoms with E-state index in [1.54, 1.807) is 27.7 Å². The van der Waals surface area contributed by atoms with Crippen molar-refractivity contribution < 1.29 is 24.3 Å². The molecule has 3 N–H and O–H groups in total. The van der Waals surface area contributed by atoms with E-state index in [0.717, 1.165) is 4.90 Å². The van der Waals surface area contributed by atoms with Crippen LogP contribution in [0.15, 0.2) is 18.2 Å². The summed E-state index contributed by atoms with van der Waals surface area (Å²) in [5.74, 6) is -2.20. The Hall–Kier alpha value is -2.90. The van der Waals surface area contributed by atoms with Crippen LogP contribution in [0.4, 0.5) is 10.5 Å². The van der Waals surface area contributed by atoms with Crippen LogP contribution in [0.25, 0.3) is 0 Å². The lowest BCUT2D eigenvalue weighted by atomic mass is 10.1. The summed E-state index contributed by atoms with van der Waals surface area (Å²) in [6, 6.07) is 2.40. The average molecular weight is 347 g/mol. The van der Waals surface area contributed by atoms with Gasteiger partial charge < -0.3 is 15.7 Å². The third kappa shape index (κ3) is 3.62. The lowest BCUT2D eigenvalue weighted by molar-refractivity contribution is -0.140. The molecule has 1 heterocycles. The summed E-state index contributed by atoms with van der Waals surface area (Å²) in [5.41, 5.74) is 0.807. The molecule has 0 fully saturated rings. The smallest absolute Gasteiger partial charge is 0.326 e. The van der Waals surface area contributed by atoms with Crippen molar-refractivity contribution >= 4 is 29.5 Å². The van der Waals surface area contributed by atoms with Crippen LogP contribution in [0, 0.1) is 5.92 Å². The molecule has 1 atom stereocenters. The first-order valence-electron chi connectivity index (χ1n) is 7.95. The van der Waals surface area contributed by atoms with E-state index in [1.807, 2.05) is 0 Å². The van der Waals surface area contributed by atoms with Gasteiger partial charge in [-0.2, -0.15) is 0 Å². The number of hydrogen-bond acceptors (Lipinski definition) is 4. The second-order valence-corrected chi connectivity index (χ2v) is 6.49. The van der Waals surface area contributed by atoms with Crippen molar-refractivity contribution in [2.24, 2.45) is 5.92 Å². The quantitative estimate of drug-likeness (QED) is 0.704. The van der Waals surface area contributed by atoms with Crippen molar-refractivity contribution in [3.8, 4) is 0 Å². The number of urea groups is 1. The number of aliphatic carboxylic acids is 1. The SMILES string of the molecule is CC(C)C(NC(=O)Nc1ccc2c(c1)C(=O)N(C(C)C)C2=O)C(=O)O. The molecule has 8 heteroatoms. The highest BCUT2D eigenvalue weighted by Crippen LogP contribution is 2.27. The Morgan fingerprint density at radius 3 is 2.16 bits per heavy atom. The van der Waals surface area contributed by atoms with E-state index in [1.165, 1.54) is 18.2 Å². The fraction of sp³-hybridized carbons (Fsp3) is 0.412. The van der Waals surface area contributed by atoms with E-state index in [2.05, 4.69) is 10.6 Å². The molecule has 0 spiro atoms. The standard InChI is InChI=1S/C17H21N3O5/c1-8(2)13(16(23)24)19-17(25)18-10-5-6-11-12(7-10)15(22)20(9(3)4)14(11)21/h5-9,13H,1-4H3,(H,23,24)(H2,18,19,25). The molecule has 1 aliphatic rings. The third-order valence-electron chi connectivity index (χ3n) is 3.91. The Balaban J connectivity index is 2.17. The molecule has 8 nitrogen and oxygen atoms in total. The second-order valence-electron chi connectivity index (χ2n) is 6.49.